The number of ether oxygens (including phenoxy) is 5. The van der Waals surface area contributed by atoms with E-state index in [2.05, 4.69) is 69.9 Å². The Morgan fingerprint density at radius 3 is 2.70 bits per heavy atom. The lowest BCUT2D eigenvalue weighted by Gasteiger charge is -2.50. The van der Waals surface area contributed by atoms with Gasteiger partial charge in [-0.05, 0) is 74.3 Å². The van der Waals surface area contributed by atoms with Crippen molar-refractivity contribution in [2.24, 2.45) is 28.8 Å². The smallest absolute Gasteiger partial charge is 0.340 e. The Bertz CT molecular complexity index is 1750. The molecule has 4 aliphatic heterocycles. The van der Waals surface area contributed by atoms with Gasteiger partial charge in [0.05, 0.1) is 30.1 Å². The lowest BCUT2D eigenvalue weighted by Crippen LogP contribution is -2.59. The van der Waals surface area contributed by atoms with Gasteiger partial charge in [-0.15, -0.1) is 0 Å². The second-order valence-electron chi connectivity index (χ2n) is 16.1. The number of carbonyl (C=O) groups is 2. The van der Waals surface area contributed by atoms with E-state index in [9.17, 15) is 14.7 Å². The number of carbonyl (C=O) groups excluding carboxylic acids is 2. The van der Waals surface area contributed by atoms with Crippen LogP contribution in [0.5, 0.6) is 0 Å². The topological polar surface area (TPSA) is 135 Å². The SMILES string of the molecule is CO/N=C1/C[C@]2(C[C@@H]3C[C@@H](C/C=C(\C)C[C@@H](C)/C=C/C=C4\CO[C@@H]5[C@H](OC(=O)c6cccnc6)C(C)=C[C@@H](C(=O)O3)[C@]45O)O2)O[C@H](/C(C)=C/C(C)C)[C@H]1C. The molecule has 0 radical (unpaired) electrons. The highest BCUT2D eigenvalue weighted by Gasteiger charge is 2.61. The molecule has 11 nitrogen and oxygen atoms in total. The van der Waals surface area contributed by atoms with E-state index in [1.54, 1.807) is 38.4 Å². The van der Waals surface area contributed by atoms with E-state index in [0.717, 1.165) is 17.7 Å². The third kappa shape index (κ3) is 8.34. The molecule has 5 aliphatic rings. The summed E-state index contributed by atoms with van der Waals surface area (Å²) in [6, 6.07) is 3.26. The van der Waals surface area contributed by atoms with Crippen molar-refractivity contribution in [1.82, 2.24) is 4.98 Å². The molecule has 1 aliphatic carbocycles. The first-order valence-corrected chi connectivity index (χ1v) is 19.2. The molecule has 3 saturated heterocycles. The van der Waals surface area contributed by atoms with Crippen LogP contribution in [0.25, 0.3) is 0 Å². The molecule has 0 unspecified atom stereocenters. The van der Waals surface area contributed by atoms with Crippen molar-refractivity contribution in [3.8, 4) is 0 Å². The van der Waals surface area contributed by atoms with Crippen LogP contribution in [0.2, 0.25) is 0 Å². The molecule has 1 spiro atoms. The first-order valence-electron chi connectivity index (χ1n) is 19.2. The van der Waals surface area contributed by atoms with Crippen molar-refractivity contribution < 1.29 is 43.2 Å². The summed E-state index contributed by atoms with van der Waals surface area (Å²) in [5.74, 6) is -3.04. The minimum absolute atomic E-state index is 0.0470. The maximum Gasteiger partial charge on any atom is 0.340 e. The van der Waals surface area contributed by atoms with Gasteiger partial charge in [-0.3, -0.25) is 9.78 Å². The van der Waals surface area contributed by atoms with Crippen LogP contribution in [0.15, 0.2) is 88.4 Å². The zero-order valence-corrected chi connectivity index (χ0v) is 32.8. The van der Waals surface area contributed by atoms with Gasteiger partial charge in [0.25, 0.3) is 0 Å². The lowest BCUT2D eigenvalue weighted by molar-refractivity contribution is -0.313. The van der Waals surface area contributed by atoms with Gasteiger partial charge in [-0.2, -0.15) is 0 Å². The molecule has 0 amide bonds. The van der Waals surface area contributed by atoms with Gasteiger partial charge in [-0.1, -0.05) is 74.9 Å². The number of oxime groups is 1. The Labute approximate surface area is 319 Å². The zero-order chi connectivity index (χ0) is 38.8. The number of rotatable bonds is 5. The number of fused-ring (bicyclic) bond motifs is 2. The van der Waals surface area contributed by atoms with Gasteiger partial charge >= 0.3 is 11.9 Å². The summed E-state index contributed by atoms with van der Waals surface area (Å²) >= 11 is 0. The molecular formula is C43H56N2O9. The lowest BCUT2D eigenvalue weighted by atomic mass is 9.70. The molecular weight excluding hydrogens is 688 g/mol. The molecule has 292 valence electrons. The average molecular weight is 745 g/mol. The highest BCUT2D eigenvalue weighted by atomic mass is 16.7. The van der Waals surface area contributed by atoms with E-state index < -0.39 is 47.6 Å². The van der Waals surface area contributed by atoms with Gasteiger partial charge in [-0.25, -0.2) is 4.79 Å². The molecule has 0 saturated carbocycles. The Kier molecular flexibility index (Phi) is 12.1. The van der Waals surface area contributed by atoms with Crippen molar-refractivity contribution in [3.63, 3.8) is 0 Å². The van der Waals surface area contributed by atoms with Gasteiger partial charge in [0.1, 0.15) is 30.8 Å². The van der Waals surface area contributed by atoms with Crippen LogP contribution in [-0.2, 0) is 33.3 Å². The molecule has 6 rings (SSSR count). The molecule has 54 heavy (non-hydrogen) atoms. The maximum atomic E-state index is 14.6. The van der Waals surface area contributed by atoms with Crippen LogP contribution in [0.1, 0.15) is 90.9 Å². The number of hydrogen-bond acceptors (Lipinski definition) is 11. The Balaban J connectivity index is 1.38. The zero-order valence-electron chi connectivity index (χ0n) is 32.8. The van der Waals surface area contributed by atoms with Crippen molar-refractivity contribution in [3.05, 3.63) is 88.8 Å². The maximum absolute atomic E-state index is 14.6. The van der Waals surface area contributed by atoms with Crippen LogP contribution in [0, 0.1) is 23.7 Å². The normalized spacial score (nSPS) is 39.4. The second-order valence-corrected chi connectivity index (χ2v) is 16.1. The number of hydrogen-bond donors (Lipinski definition) is 1. The minimum atomic E-state index is -1.85. The quantitative estimate of drug-likeness (QED) is 0.191. The fraction of sp³-hybridized carbons (Fsp3) is 0.581. The van der Waals surface area contributed by atoms with Gasteiger partial charge in [0.15, 0.2) is 11.9 Å². The first-order chi connectivity index (χ1) is 25.7. The number of aliphatic hydroxyl groups is 1. The summed E-state index contributed by atoms with van der Waals surface area (Å²) in [7, 11) is 1.54. The molecule has 10 atom stereocenters. The summed E-state index contributed by atoms with van der Waals surface area (Å²) in [5.41, 5.74) is 2.60. The molecule has 1 aromatic rings. The van der Waals surface area contributed by atoms with E-state index in [1.165, 1.54) is 11.8 Å². The van der Waals surface area contributed by atoms with E-state index in [4.69, 9.17) is 28.5 Å². The molecule has 1 N–H and O–H groups in total. The van der Waals surface area contributed by atoms with Crippen LogP contribution in [0.3, 0.4) is 0 Å². The molecule has 2 bridgehead atoms. The van der Waals surface area contributed by atoms with Crippen molar-refractivity contribution >= 4 is 17.7 Å². The molecule has 1 aromatic heterocycles. The van der Waals surface area contributed by atoms with Crippen molar-refractivity contribution in [2.45, 2.75) is 122 Å². The summed E-state index contributed by atoms with van der Waals surface area (Å²) in [5, 5.41) is 17.2. The largest absolute Gasteiger partial charge is 0.462 e. The molecule has 11 heteroatoms. The molecule has 0 aromatic carbocycles. The standard InChI is InChI=1S/C43H56N2O9/c1-25(2)17-28(5)37-30(7)36(45-49-8)22-42(54-37)21-34-20-33(53-42)15-14-27(4)18-26(3)11-9-13-32-24-50-39-38(52-40(46)31-12-10-16-44-23-31)29(6)19-35(41(47)51-34)43(32,39)48/h9-14,16-17,19,23,25-26,30,33-35,37-39,48H,15,18,20-22,24H2,1-8H3/b11-9+,27-14+,28-17+,32-13+,45-36-/t26-,30-,33+,34-,35-,37+,38+,39+,42-,43+/m0/s1. The third-order valence-corrected chi connectivity index (χ3v) is 11.2. The fourth-order valence-electron chi connectivity index (χ4n) is 8.74. The van der Waals surface area contributed by atoms with E-state index >= 15 is 0 Å². The van der Waals surface area contributed by atoms with Crippen LogP contribution < -0.4 is 0 Å². The first kappa shape index (κ1) is 39.8. The highest BCUT2D eigenvalue weighted by molar-refractivity contribution is 5.89. The van der Waals surface area contributed by atoms with Gasteiger partial charge < -0.3 is 33.6 Å². The van der Waals surface area contributed by atoms with Gasteiger partial charge in [0, 0.05) is 37.6 Å². The average Bonchev–Trinajstić information content (AvgIpc) is 3.45. The number of esters is 2. The van der Waals surface area contributed by atoms with E-state index in [1.807, 2.05) is 12.2 Å². The Hall–Kier alpha value is -3.90. The van der Waals surface area contributed by atoms with Gasteiger partial charge in [0.2, 0.25) is 0 Å². The van der Waals surface area contributed by atoms with Crippen LogP contribution in [-0.4, -0.2) is 83.4 Å². The van der Waals surface area contributed by atoms with Crippen LogP contribution in [0.4, 0.5) is 0 Å². The van der Waals surface area contributed by atoms with E-state index in [-0.39, 0.29) is 42.6 Å². The second kappa shape index (κ2) is 16.5. The Morgan fingerprint density at radius 2 is 1.98 bits per heavy atom. The monoisotopic (exact) mass is 744 g/mol. The predicted molar refractivity (Wildman–Crippen MR) is 203 cm³/mol. The third-order valence-electron chi connectivity index (χ3n) is 11.2. The summed E-state index contributed by atoms with van der Waals surface area (Å²) in [4.78, 5) is 37.2. The molecule has 3 fully saturated rings. The number of aromatic nitrogens is 1. The summed E-state index contributed by atoms with van der Waals surface area (Å²) in [6.45, 7) is 14.5. The van der Waals surface area contributed by atoms with Crippen molar-refractivity contribution in [2.75, 3.05) is 13.7 Å². The predicted octanol–water partition coefficient (Wildman–Crippen LogP) is 6.99. The number of allylic oxidation sites excluding steroid dienone is 5. The molecule has 5 heterocycles. The number of pyridine rings is 1. The number of nitrogens with zero attached hydrogens (tertiary/aromatic N) is 2. The fourth-order valence-corrected chi connectivity index (χ4v) is 8.74. The minimum Gasteiger partial charge on any atom is -0.462 e. The van der Waals surface area contributed by atoms with Crippen LogP contribution >= 0.6 is 0 Å². The van der Waals surface area contributed by atoms with Crippen molar-refractivity contribution in [1.29, 1.82) is 0 Å². The van der Waals surface area contributed by atoms with E-state index in [0.29, 0.717) is 36.3 Å². The Morgan fingerprint density at radius 1 is 1.19 bits per heavy atom. The summed E-state index contributed by atoms with van der Waals surface area (Å²) in [6.07, 6.45) is 14.1. The summed E-state index contributed by atoms with van der Waals surface area (Å²) < 4.78 is 32.5. The highest BCUT2D eigenvalue weighted by Crippen LogP contribution is 2.48.